The SMILES string of the molecule is CCOC(=O)Cc1cc([N+](=O)[O-])cc(SC(F)(F)F)c1C#N. The molecule has 1 rings (SSSR count). The van der Waals surface area contributed by atoms with Crippen molar-refractivity contribution in [2.24, 2.45) is 0 Å². The molecule has 0 aliphatic heterocycles. The van der Waals surface area contributed by atoms with E-state index in [2.05, 4.69) is 4.74 Å². The van der Waals surface area contributed by atoms with Gasteiger partial charge >= 0.3 is 11.5 Å². The normalized spacial score (nSPS) is 10.9. The van der Waals surface area contributed by atoms with Crippen LogP contribution in [0.1, 0.15) is 18.1 Å². The Morgan fingerprint density at radius 1 is 1.50 bits per heavy atom. The zero-order valence-corrected chi connectivity index (χ0v) is 12.0. The third-order valence-electron chi connectivity index (χ3n) is 2.36. The number of benzene rings is 1. The number of non-ortho nitro benzene ring substituents is 1. The Hall–Kier alpha value is -2.28. The number of nitro groups is 1. The Bertz CT molecular complexity index is 640. The third kappa shape index (κ3) is 4.92. The molecule has 0 amide bonds. The molecule has 0 aliphatic carbocycles. The van der Waals surface area contributed by atoms with Crippen LogP contribution in [0.5, 0.6) is 0 Å². The van der Waals surface area contributed by atoms with Crippen molar-refractivity contribution >= 4 is 23.4 Å². The number of thioether (sulfide) groups is 1. The summed E-state index contributed by atoms with van der Waals surface area (Å²) in [5, 5.41) is 19.8. The topological polar surface area (TPSA) is 93.2 Å². The lowest BCUT2D eigenvalue weighted by Crippen LogP contribution is -2.10. The van der Waals surface area contributed by atoms with Gasteiger partial charge in [-0.25, -0.2) is 0 Å². The van der Waals surface area contributed by atoms with E-state index in [0.717, 1.165) is 6.07 Å². The van der Waals surface area contributed by atoms with Crippen LogP contribution in [-0.4, -0.2) is 23.0 Å². The molecule has 1 aromatic carbocycles. The third-order valence-corrected chi connectivity index (χ3v) is 3.13. The molecule has 0 saturated heterocycles. The molecule has 0 unspecified atom stereocenters. The Kier molecular flexibility index (Phi) is 5.76. The van der Waals surface area contributed by atoms with Gasteiger partial charge in [-0.1, -0.05) is 0 Å². The summed E-state index contributed by atoms with van der Waals surface area (Å²) in [6.07, 6.45) is -0.524. The number of nitrogens with zero attached hydrogens (tertiary/aromatic N) is 2. The first-order valence-corrected chi connectivity index (χ1v) is 6.62. The number of nitriles is 1. The molecule has 0 heterocycles. The van der Waals surface area contributed by atoms with Crippen LogP contribution in [0.2, 0.25) is 0 Å². The van der Waals surface area contributed by atoms with Gasteiger partial charge in [0.1, 0.15) is 6.07 Å². The first-order chi connectivity index (χ1) is 10.2. The van der Waals surface area contributed by atoms with Gasteiger partial charge < -0.3 is 4.74 Å². The van der Waals surface area contributed by atoms with Gasteiger partial charge in [0.05, 0.1) is 23.5 Å². The summed E-state index contributed by atoms with van der Waals surface area (Å²) in [4.78, 5) is 20.7. The molecule has 1 aromatic rings. The number of ether oxygens (including phenoxy) is 1. The second kappa shape index (κ2) is 7.13. The summed E-state index contributed by atoms with van der Waals surface area (Å²) < 4.78 is 42.1. The van der Waals surface area contributed by atoms with Crippen LogP contribution in [0.4, 0.5) is 18.9 Å². The van der Waals surface area contributed by atoms with E-state index in [0.29, 0.717) is 6.07 Å². The lowest BCUT2D eigenvalue weighted by atomic mass is 10.0. The Morgan fingerprint density at radius 2 is 2.14 bits per heavy atom. The molecule has 6 nitrogen and oxygen atoms in total. The number of esters is 1. The fourth-order valence-electron chi connectivity index (χ4n) is 1.60. The molecule has 10 heteroatoms. The summed E-state index contributed by atoms with van der Waals surface area (Å²) in [5.41, 5.74) is -5.96. The second-order valence-corrected chi connectivity index (χ2v) is 4.98. The average Bonchev–Trinajstić information content (AvgIpc) is 2.36. The molecule has 0 fully saturated rings. The minimum absolute atomic E-state index is 0.0415. The van der Waals surface area contributed by atoms with E-state index in [1.807, 2.05) is 0 Å². The number of alkyl halides is 3. The first kappa shape index (κ1) is 17.8. The van der Waals surface area contributed by atoms with Crippen LogP contribution in [-0.2, 0) is 16.0 Å². The zero-order valence-electron chi connectivity index (χ0n) is 11.1. The standard InChI is InChI=1S/C12H9F3N2O4S/c1-2-21-11(18)4-7-3-8(17(19)20)5-10(9(7)6-16)22-12(13,14)15/h3,5H,2,4H2,1H3. The van der Waals surface area contributed by atoms with E-state index < -0.39 is 50.7 Å². The summed E-state index contributed by atoms with van der Waals surface area (Å²) in [7, 11) is 0. The van der Waals surface area contributed by atoms with Gasteiger partial charge in [-0.3, -0.25) is 14.9 Å². The van der Waals surface area contributed by atoms with E-state index in [9.17, 15) is 28.1 Å². The van der Waals surface area contributed by atoms with E-state index in [-0.39, 0.29) is 12.2 Å². The molecule has 0 aromatic heterocycles. The largest absolute Gasteiger partial charge is 0.466 e. The van der Waals surface area contributed by atoms with Crippen molar-refractivity contribution in [3.05, 3.63) is 33.4 Å². The van der Waals surface area contributed by atoms with Gasteiger partial charge in [0, 0.05) is 17.0 Å². The van der Waals surface area contributed by atoms with Crippen molar-refractivity contribution in [1.29, 1.82) is 5.26 Å². The number of nitro benzene ring substituents is 1. The molecular weight excluding hydrogens is 325 g/mol. The summed E-state index contributed by atoms with van der Waals surface area (Å²) >= 11 is -0.641. The van der Waals surface area contributed by atoms with Crippen LogP contribution < -0.4 is 0 Å². The lowest BCUT2D eigenvalue weighted by Gasteiger charge is -2.11. The van der Waals surface area contributed by atoms with Gasteiger partial charge in [0.25, 0.3) is 5.69 Å². The number of hydrogen-bond donors (Lipinski definition) is 0. The predicted molar refractivity (Wildman–Crippen MR) is 70.1 cm³/mol. The molecule has 0 spiro atoms. The smallest absolute Gasteiger partial charge is 0.446 e. The van der Waals surface area contributed by atoms with E-state index in [4.69, 9.17) is 5.26 Å². The molecule has 0 N–H and O–H groups in total. The molecule has 118 valence electrons. The van der Waals surface area contributed by atoms with Crippen molar-refractivity contribution in [2.45, 2.75) is 23.7 Å². The maximum Gasteiger partial charge on any atom is 0.446 e. The number of hydrogen-bond acceptors (Lipinski definition) is 6. The van der Waals surface area contributed by atoms with Crippen LogP contribution >= 0.6 is 11.8 Å². The predicted octanol–water partition coefficient (Wildman–Crippen LogP) is 3.18. The van der Waals surface area contributed by atoms with E-state index in [1.165, 1.54) is 6.92 Å². The number of carbonyl (C=O) groups is 1. The highest BCUT2D eigenvalue weighted by molar-refractivity contribution is 8.00. The maximum absolute atomic E-state index is 12.5. The van der Waals surface area contributed by atoms with Crippen molar-refractivity contribution < 1.29 is 27.6 Å². The summed E-state index contributed by atoms with van der Waals surface area (Å²) in [6.45, 7) is 1.57. The van der Waals surface area contributed by atoms with Gasteiger partial charge in [-0.15, -0.1) is 0 Å². The van der Waals surface area contributed by atoms with E-state index in [1.54, 1.807) is 6.07 Å². The van der Waals surface area contributed by atoms with E-state index >= 15 is 0 Å². The van der Waals surface area contributed by atoms with Crippen molar-refractivity contribution in [1.82, 2.24) is 0 Å². The quantitative estimate of drug-likeness (QED) is 0.355. The minimum Gasteiger partial charge on any atom is -0.466 e. The molecule has 0 atom stereocenters. The molecule has 0 bridgehead atoms. The fraction of sp³-hybridized carbons (Fsp3) is 0.333. The number of rotatable bonds is 5. The van der Waals surface area contributed by atoms with Gasteiger partial charge in [0.15, 0.2) is 0 Å². The summed E-state index contributed by atoms with van der Waals surface area (Å²) in [6, 6.07) is 3.11. The maximum atomic E-state index is 12.5. The second-order valence-electron chi connectivity index (χ2n) is 3.88. The molecule has 22 heavy (non-hydrogen) atoms. The Labute approximate surface area is 127 Å². The first-order valence-electron chi connectivity index (χ1n) is 5.80. The summed E-state index contributed by atoms with van der Waals surface area (Å²) in [5.74, 6) is -0.789. The minimum atomic E-state index is -4.72. The van der Waals surface area contributed by atoms with Gasteiger partial charge in [0.2, 0.25) is 0 Å². The molecule has 0 saturated carbocycles. The molecule has 0 radical (unpaired) electrons. The lowest BCUT2D eigenvalue weighted by molar-refractivity contribution is -0.385. The highest BCUT2D eigenvalue weighted by atomic mass is 32.2. The van der Waals surface area contributed by atoms with Gasteiger partial charge in [-0.2, -0.15) is 18.4 Å². The monoisotopic (exact) mass is 334 g/mol. The van der Waals surface area contributed by atoms with Crippen LogP contribution in [0.25, 0.3) is 0 Å². The van der Waals surface area contributed by atoms with Crippen molar-refractivity contribution in [2.75, 3.05) is 6.61 Å². The fourth-order valence-corrected chi connectivity index (χ4v) is 2.31. The Balaban J connectivity index is 3.37. The molecule has 0 aliphatic rings. The zero-order chi connectivity index (χ0) is 16.9. The number of carbonyl (C=O) groups excluding carboxylic acids is 1. The highest BCUT2D eigenvalue weighted by Gasteiger charge is 2.32. The van der Waals surface area contributed by atoms with Crippen LogP contribution in [0.3, 0.4) is 0 Å². The van der Waals surface area contributed by atoms with Crippen molar-refractivity contribution in [3.8, 4) is 6.07 Å². The number of halogens is 3. The Morgan fingerprint density at radius 3 is 2.59 bits per heavy atom. The van der Waals surface area contributed by atoms with Crippen LogP contribution in [0.15, 0.2) is 17.0 Å². The molecular formula is C12H9F3N2O4S. The van der Waals surface area contributed by atoms with Crippen LogP contribution in [0, 0.1) is 21.4 Å². The van der Waals surface area contributed by atoms with Crippen molar-refractivity contribution in [3.63, 3.8) is 0 Å². The van der Waals surface area contributed by atoms with Gasteiger partial charge in [-0.05, 0) is 24.2 Å². The highest BCUT2D eigenvalue weighted by Crippen LogP contribution is 2.41. The average molecular weight is 334 g/mol.